The Hall–Kier alpha value is -1.36. The van der Waals surface area contributed by atoms with Crippen LogP contribution in [0.4, 0.5) is 0 Å². The van der Waals surface area contributed by atoms with E-state index in [0.717, 1.165) is 37.5 Å². The molecule has 4 heteroatoms. The minimum Gasteiger partial charge on any atom is -0.460 e. The van der Waals surface area contributed by atoms with Gasteiger partial charge in [-0.3, -0.25) is 4.90 Å². The average molecular weight is 316 g/mol. The fourth-order valence-corrected chi connectivity index (χ4v) is 3.40. The second-order valence-corrected chi connectivity index (χ2v) is 7.33. The molecule has 1 fully saturated rings. The molecule has 3 rings (SSSR count). The maximum atomic E-state index is 5.87. The van der Waals surface area contributed by atoms with Crippen molar-refractivity contribution in [1.29, 1.82) is 0 Å². The van der Waals surface area contributed by atoms with E-state index < -0.39 is 0 Å². The zero-order chi connectivity index (χ0) is 16.4. The molecule has 1 aliphatic heterocycles. The summed E-state index contributed by atoms with van der Waals surface area (Å²) in [6.07, 6.45) is 0.599. The van der Waals surface area contributed by atoms with Crippen LogP contribution in [-0.4, -0.2) is 42.3 Å². The van der Waals surface area contributed by atoms with Gasteiger partial charge in [0.25, 0.3) is 0 Å². The third kappa shape index (κ3) is 3.94. The van der Waals surface area contributed by atoms with Crippen LogP contribution in [0.3, 0.4) is 0 Å². The number of hydrogen-bond donors (Lipinski definition) is 1. The van der Waals surface area contributed by atoms with Crippen molar-refractivity contribution < 1.29 is 9.15 Å². The van der Waals surface area contributed by atoms with Gasteiger partial charge < -0.3 is 14.5 Å². The average Bonchev–Trinajstić information content (AvgIpc) is 2.88. The summed E-state index contributed by atoms with van der Waals surface area (Å²) in [5.74, 6) is 0.991. The maximum Gasteiger partial charge on any atom is 0.134 e. The van der Waals surface area contributed by atoms with E-state index in [4.69, 9.17) is 9.15 Å². The van der Waals surface area contributed by atoms with Crippen LogP contribution in [0.25, 0.3) is 11.0 Å². The van der Waals surface area contributed by atoms with Crippen molar-refractivity contribution in [3.63, 3.8) is 0 Å². The Labute approximate surface area is 138 Å². The van der Waals surface area contributed by atoms with E-state index in [2.05, 4.69) is 50.0 Å². The lowest BCUT2D eigenvalue weighted by molar-refractivity contribution is -0.0952. The Morgan fingerprint density at radius 3 is 2.57 bits per heavy atom. The van der Waals surface area contributed by atoms with Crippen LogP contribution in [0.15, 0.2) is 34.7 Å². The smallest absolute Gasteiger partial charge is 0.134 e. The summed E-state index contributed by atoms with van der Waals surface area (Å²) >= 11 is 0. The molecule has 0 spiro atoms. The lowest BCUT2D eigenvalue weighted by atomic mass is 10.00. The Kier molecular flexibility index (Phi) is 4.76. The molecule has 2 atom stereocenters. The molecule has 1 aromatic heterocycles. The van der Waals surface area contributed by atoms with Gasteiger partial charge in [-0.1, -0.05) is 18.2 Å². The third-order valence-corrected chi connectivity index (χ3v) is 4.61. The quantitative estimate of drug-likeness (QED) is 0.917. The van der Waals surface area contributed by atoms with Crippen molar-refractivity contribution in [1.82, 2.24) is 10.2 Å². The number of nitrogens with one attached hydrogen (secondary N) is 1. The number of ether oxygens (including phenoxy) is 1. The Morgan fingerprint density at radius 1 is 1.17 bits per heavy atom. The number of para-hydroxylation sites is 1. The summed E-state index contributed by atoms with van der Waals surface area (Å²) in [6.45, 7) is 12.6. The molecule has 0 saturated carbocycles. The molecular weight excluding hydrogens is 288 g/mol. The van der Waals surface area contributed by atoms with E-state index in [9.17, 15) is 0 Å². The Balaban J connectivity index is 1.56. The van der Waals surface area contributed by atoms with Crippen LogP contribution in [0.5, 0.6) is 0 Å². The number of morpholine rings is 1. The summed E-state index contributed by atoms with van der Waals surface area (Å²) < 4.78 is 11.7. The summed E-state index contributed by atoms with van der Waals surface area (Å²) in [5.41, 5.74) is 1.05. The molecule has 1 N–H and O–H groups in total. The van der Waals surface area contributed by atoms with Crippen LogP contribution in [-0.2, 0) is 11.3 Å². The van der Waals surface area contributed by atoms with E-state index in [-0.39, 0.29) is 5.54 Å². The molecule has 0 radical (unpaired) electrons. The SMILES string of the molecule is CC1CN(C(C)(C)CNCc2cc3ccccc3o2)CC(C)O1. The monoisotopic (exact) mass is 316 g/mol. The zero-order valence-corrected chi connectivity index (χ0v) is 14.6. The first-order valence-electron chi connectivity index (χ1n) is 8.53. The van der Waals surface area contributed by atoms with Gasteiger partial charge in [-0.05, 0) is 39.8 Å². The molecule has 1 aromatic carbocycles. The summed E-state index contributed by atoms with van der Waals surface area (Å²) in [7, 11) is 0. The topological polar surface area (TPSA) is 37.6 Å². The van der Waals surface area contributed by atoms with Crippen molar-refractivity contribution in [2.24, 2.45) is 0 Å². The van der Waals surface area contributed by atoms with Gasteiger partial charge in [0.2, 0.25) is 0 Å². The molecule has 2 aromatic rings. The molecule has 126 valence electrons. The predicted octanol–water partition coefficient (Wildman–Crippen LogP) is 3.41. The van der Waals surface area contributed by atoms with Crippen LogP contribution >= 0.6 is 0 Å². The van der Waals surface area contributed by atoms with Gasteiger partial charge in [0.1, 0.15) is 11.3 Å². The number of rotatable bonds is 5. The predicted molar refractivity (Wildman–Crippen MR) is 93.6 cm³/mol. The molecule has 2 heterocycles. The Morgan fingerprint density at radius 2 is 1.87 bits per heavy atom. The van der Waals surface area contributed by atoms with Crippen molar-refractivity contribution in [2.45, 2.75) is 52.0 Å². The van der Waals surface area contributed by atoms with Crippen molar-refractivity contribution in [3.8, 4) is 0 Å². The highest BCUT2D eigenvalue weighted by Gasteiger charge is 2.32. The van der Waals surface area contributed by atoms with E-state index in [1.807, 2.05) is 18.2 Å². The number of fused-ring (bicyclic) bond motifs is 1. The molecule has 4 nitrogen and oxygen atoms in total. The van der Waals surface area contributed by atoms with Crippen LogP contribution in [0.2, 0.25) is 0 Å². The van der Waals surface area contributed by atoms with Gasteiger partial charge in [-0.25, -0.2) is 0 Å². The van der Waals surface area contributed by atoms with Gasteiger partial charge in [0.05, 0.1) is 18.8 Å². The van der Waals surface area contributed by atoms with E-state index in [1.165, 1.54) is 5.39 Å². The molecule has 2 unspecified atom stereocenters. The summed E-state index contributed by atoms with van der Waals surface area (Å²) in [5, 5.41) is 4.72. The molecule has 0 aliphatic carbocycles. The molecule has 23 heavy (non-hydrogen) atoms. The molecule has 0 bridgehead atoms. The van der Waals surface area contributed by atoms with Crippen LogP contribution in [0.1, 0.15) is 33.5 Å². The molecular formula is C19H28N2O2. The van der Waals surface area contributed by atoms with Crippen molar-refractivity contribution in [2.75, 3.05) is 19.6 Å². The van der Waals surface area contributed by atoms with Gasteiger partial charge in [0, 0.05) is 30.6 Å². The lowest BCUT2D eigenvalue weighted by Crippen LogP contribution is -2.58. The molecule has 1 aliphatic rings. The molecule has 1 saturated heterocycles. The van der Waals surface area contributed by atoms with Gasteiger partial charge in [-0.15, -0.1) is 0 Å². The summed E-state index contributed by atoms with van der Waals surface area (Å²) in [6, 6.07) is 10.3. The second kappa shape index (κ2) is 6.63. The lowest BCUT2D eigenvalue weighted by Gasteiger charge is -2.45. The van der Waals surface area contributed by atoms with Crippen LogP contribution < -0.4 is 5.32 Å². The van der Waals surface area contributed by atoms with Gasteiger partial charge in [0.15, 0.2) is 0 Å². The number of benzene rings is 1. The molecule has 0 amide bonds. The van der Waals surface area contributed by atoms with Crippen molar-refractivity contribution in [3.05, 3.63) is 36.1 Å². The Bertz CT molecular complexity index is 607. The van der Waals surface area contributed by atoms with Gasteiger partial charge >= 0.3 is 0 Å². The maximum absolute atomic E-state index is 5.87. The van der Waals surface area contributed by atoms with E-state index in [1.54, 1.807) is 0 Å². The first kappa shape index (κ1) is 16.5. The number of furan rings is 1. The van der Waals surface area contributed by atoms with Gasteiger partial charge in [-0.2, -0.15) is 0 Å². The highest BCUT2D eigenvalue weighted by Crippen LogP contribution is 2.22. The highest BCUT2D eigenvalue weighted by molar-refractivity contribution is 5.77. The minimum atomic E-state index is 0.0956. The third-order valence-electron chi connectivity index (χ3n) is 4.61. The normalized spacial score (nSPS) is 23.5. The standard InChI is InChI=1S/C19H28N2O2/c1-14-11-21(12-15(2)22-14)19(3,4)13-20-10-17-9-16-7-5-6-8-18(16)23-17/h5-9,14-15,20H,10-13H2,1-4H3. The first-order valence-corrected chi connectivity index (χ1v) is 8.53. The van der Waals surface area contributed by atoms with E-state index in [0.29, 0.717) is 12.2 Å². The number of hydrogen-bond acceptors (Lipinski definition) is 4. The highest BCUT2D eigenvalue weighted by atomic mass is 16.5. The fourth-order valence-electron chi connectivity index (χ4n) is 3.40. The summed E-state index contributed by atoms with van der Waals surface area (Å²) in [4.78, 5) is 2.53. The fraction of sp³-hybridized carbons (Fsp3) is 0.579. The first-order chi connectivity index (χ1) is 10.9. The van der Waals surface area contributed by atoms with Crippen molar-refractivity contribution >= 4 is 11.0 Å². The number of nitrogens with zero attached hydrogens (tertiary/aromatic N) is 1. The minimum absolute atomic E-state index is 0.0956. The zero-order valence-electron chi connectivity index (χ0n) is 14.6. The van der Waals surface area contributed by atoms with Crippen LogP contribution in [0, 0.1) is 0 Å². The largest absolute Gasteiger partial charge is 0.460 e. The van der Waals surface area contributed by atoms with E-state index >= 15 is 0 Å². The second-order valence-electron chi connectivity index (χ2n) is 7.33.